The van der Waals surface area contributed by atoms with E-state index in [-0.39, 0.29) is 17.9 Å². The van der Waals surface area contributed by atoms with Gasteiger partial charge < -0.3 is 15.3 Å². The molecule has 1 aliphatic rings. The molecule has 1 aliphatic heterocycles. The number of benzene rings is 1. The Bertz CT molecular complexity index is 505. The van der Waals surface area contributed by atoms with Crippen molar-refractivity contribution in [3.05, 3.63) is 23.8 Å². The van der Waals surface area contributed by atoms with Gasteiger partial charge in [0, 0.05) is 0 Å². The first-order valence-electron chi connectivity index (χ1n) is 4.73. The van der Waals surface area contributed by atoms with Crippen molar-refractivity contribution in [3.8, 4) is 0 Å². The number of carboxylic acid groups (broad SMARTS) is 1. The number of hydrogen-bond donors (Lipinski definition) is 2. The van der Waals surface area contributed by atoms with Crippen molar-refractivity contribution in [2.75, 3.05) is 23.3 Å². The SMILES string of the molecule is O=C(O)CN1CC(=O)Nc2ccc(F)c(F)c21. The van der Waals surface area contributed by atoms with Crippen LogP contribution in [0.1, 0.15) is 0 Å². The Kier molecular flexibility index (Phi) is 2.66. The normalized spacial score (nSPS) is 14.2. The third-order valence-electron chi connectivity index (χ3n) is 2.32. The van der Waals surface area contributed by atoms with Crippen LogP contribution >= 0.6 is 0 Å². The fourth-order valence-electron chi connectivity index (χ4n) is 1.69. The molecule has 1 amide bonds. The van der Waals surface area contributed by atoms with Gasteiger partial charge in [-0.05, 0) is 12.1 Å². The smallest absolute Gasteiger partial charge is 0.323 e. The Morgan fingerprint density at radius 3 is 2.82 bits per heavy atom. The number of amides is 1. The van der Waals surface area contributed by atoms with Crippen LogP contribution in [0.5, 0.6) is 0 Å². The van der Waals surface area contributed by atoms with E-state index in [1.165, 1.54) is 6.07 Å². The molecule has 1 aromatic carbocycles. The number of carbonyl (C=O) groups excluding carboxylic acids is 1. The van der Waals surface area contributed by atoms with Crippen LogP contribution < -0.4 is 10.2 Å². The largest absolute Gasteiger partial charge is 0.480 e. The molecule has 7 heteroatoms. The highest BCUT2D eigenvalue weighted by atomic mass is 19.2. The van der Waals surface area contributed by atoms with Gasteiger partial charge in [0.2, 0.25) is 5.91 Å². The average Bonchev–Trinajstić information content (AvgIpc) is 2.22. The summed E-state index contributed by atoms with van der Waals surface area (Å²) in [4.78, 5) is 22.8. The number of rotatable bonds is 2. The molecule has 17 heavy (non-hydrogen) atoms. The number of nitrogens with zero attached hydrogens (tertiary/aromatic N) is 1. The molecule has 0 aliphatic carbocycles. The molecule has 0 fully saturated rings. The minimum atomic E-state index is -1.23. The molecule has 0 radical (unpaired) electrons. The van der Waals surface area contributed by atoms with Crippen LogP contribution in [0.3, 0.4) is 0 Å². The van der Waals surface area contributed by atoms with Gasteiger partial charge in [-0.15, -0.1) is 0 Å². The first kappa shape index (κ1) is 11.3. The van der Waals surface area contributed by atoms with E-state index in [0.717, 1.165) is 11.0 Å². The molecule has 5 nitrogen and oxygen atoms in total. The molecule has 0 aromatic heterocycles. The van der Waals surface area contributed by atoms with E-state index in [1.807, 2.05) is 0 Å². The summed E-state index contributed by atoms with van der Waals surface area (Å²) in [6, 6.07) is 2.07. The molecule has 0 spiro atoms. The highest BCUT2D eigenvalue weighted by molar-refractivity contribution is 6.02. The second kappa shape index (κ2) is 4.00. The van der Waals surface area contributed by atoms with E-state index >= 15 is 0 Å². The van der Waals surface area contributed by atoms with Crippen LogP contribution in [0.2, 0.25) is 0 Å². The zero-order valence-corrected chi connectivity index (χ0v) is 8.54. The number of carbonyl (C=O) groups is 2. The number of halogens is 2. The summed E-state index contributed by atoms with van der Waals surface area (Å²) in [5.74, 6) is -3.95. The first-order chi connectivity index (χ1) is 7.99. The highest BCUT2D eigenvalue weighted by Gasteiger charge is 2.28. The van der Waals surface area contributed by atoms with Crippen LogP contribution in [-0.4, -0.2) is 30.1 Å². The molecule has 2 N–H and O–H groups in total. The van der Waals surface area contributed by atoms with Gasteiger partial charge in [0.15, 0.2) is 11.6 Å². The third-order valence-corrected chi connectivity index (χ3v) is 2.32. The summed E-state index contributed by atoms with van der Waals surface area (Å²) in [6.07, 6.45) is 0. The van der Waals surface area contributed by atoms with Crippen LogP contribution in [0, 0.1) is 11.6 Å². The van der Waals surface area contributed by atoms with Crippen molar-refractivity contribution >= 4 is 23.3 Å². The van der Waals surface area contributed by atoms with E-state index in [0.29, 0.717) is 0 Å². The van der Waals surface area contributed by atoms with Gasteiger partial charge in [0.25, 0.3) is 0 Å². The fraction of sp³-hybridized carbons (Fsp3) is 0.200. The van der Waals surface area contributed by atoms with Gasteiger partial charge in [-0.1, -0.05) is 0 Å². The van der Waals surface area contributed by atoms with Gasteiger partial charge in [0.05, 0.1) is 12.2 Å². The summed E-state index contributed by atoms with van der Waals surface area (Å²) < 4.78 is 26.6. The number of fused-ring (bicyclic) bond motifs is 1. The third kappa shape index (κ3) is 2.03. The molecule has 0 saturated heterocycles. The maximum absolute atomic E-state index is 13.6. The highest BCUT2D eigenvalue weighted by Crippen LogP contribution is 2.33. The van der Waals surface area contributed by atoms with E-state index in [9.17, 15) is 18.4 Å². The molecule has 0 atom stereocenters. The van der Waals surface area contributed by atoms with Crippen molar-refractivity contribution in [2.45, 2.75) is 0 Å². The molecule has 1 aromatic rings. The Balaban J connectivity index is 2.49. The topological polar surface area (TPSA) is 69.6 Å². The van der Waals surface area contributed by atoms with Gasteiger partial charge in [-0.25, -0.2) is 8.78 Å². The number of hydrogen-bond acceptors (Lipinski definition) is 3. The lowest BCUT2D eigenvalue weighted by Gasteiger charge is -2.29. The van der Waals surface area contributed by atoms with Crippen molar-refractivity contribution in [3.63, 3.8) is 0 Å². The molecule has 1 heterocycles. The average molecular weight is 242 g/mol. The molecule has 2 rings (SSSR count). The summed E-state index contributed by atoms with van der Waals surface area (Å²) in [7, 11) is 0. The molecular formula is C10H8F2N2O3. The maximum Gasteiger partial charge on any atom is 0.323 e. The molecule has 0 bridgehead atoms. The number of nitrogens with one attached hydrogen (secondary N) is 1. The van der Waals surface area contributed by atoms with Crippen molar-refractivity contribution in [1.29, 1.82) is 0 Å². The molecule has 0 saturated carbocycles. The van der Waals surface area contributed by atoms with E-state index < -0.39 is 30.1 Å². The van der Waals surface area contributed by atoms with Crippen LogP contribution in [-0.2, 0) is 9.59 Å². The van der Waals surface area contributed by atoms with Crippen LogP contribution in [0.25, 0.3) is 0 Å². The summed E-state index contributed by atoms with van der Waals surface area (Å²) in [5, 5.41) is 11.0. The van der Waals surface area contributed by atoms with Gasteiger partial charge in [-0.3, -0.25) is 9.59 Å². The Hall–Kier alpha value is -2.18. The van der Waals surface area contributed by atoms with Gasteiger partial charge in [-0.2, -0.15) is 0 Å². The molecule has 0 unspecified atom stereocenters. The lowest BCUT2D eigenvalue weighted by atomic mass is 10.1. The number of aliphatic carboxylic acids is 1. The lowest BCUT2D eigenvalue weighted by Crippen LogP contribution is -2.41. The van der Waals surface area contributed by atoms with Crippen LogP contribution in [0.15, 0.2) is 12.1 Å². The molecule has 90 valence electrons. The van der Waals surface area contributed by atoms with Gasteiger partial charge in [0.1, 0.15) is 12.2 Å². The number of carboxylic acids is 1. The van der Waals surface area contributed by atoms with Crippen molar-refractivity contribution in [2.24, 2.45) is 0 Å². The zero-order valence-electron chi connectivity index (χ0n) is 8.54. The van der Waals surface area contributed by atoms with Gasteiger partial charge >= 0.3 is 5.97 Å². The quantitative estimate of drug-likeness (QED) is 0.805. The second-order valence-corrected chi connectivity index (χ2v) is 3.56. The minimum Gasteiger partial charge on any atom is -0.480 e. The second-order valence-electron chi connectivity index (χ2n) is 3.56. The lowest BCUT2D eigenvalue weighted by molar-refractivity contribution is -0.135. The summed E-state index contributed by atoms with van der Waals surface area (Å²) in [5.41, 5.74) is -0.159. The summed E-state index contributed by atoms with van der Waals surface area (Å²) >= 11 is 0. The van der Waals surface area contributed by atoms with Crippen LogP contribution in [0.4, 0.5) is 20.2 Å². The van der Waals surface area contributed by atoms with E-state index in [2.05, 4.69) is 5.32 Å². The Labute approximate surface area is 94.6 Å². The maximum atomic E-state index is 13.6. The van der Waals surface area contributed by atoms with E-state index in [1.54, 1.807) is 0 Å². The number of anilines is 2. The monoisotopic (exact) mass is 242 g/mol. The predicted octanol–water partition coefficient (Wildman–Crippen LogP) is 0.808. The van der Waals surface area contributed by atoms with Crippen molar-refractivity contribution < 1.29 is 23.5 Å². The fourth-order valence-corrected chi connectivity index (χ4v) is 1.69. The van der Waals surface area contributed by atoms with E-state index in [4.69, 9.17) is 5.11 Å². The standard InChI is InChI=1S/C10H8F2N2O3/c11-5-1-2-6-10(9(5)12)14(4-8(16)17)3-7(15)13-6/h1-2H,3-4H2,(H,13,15)(H,16,17). The molecular weight excluding hydrogens is 234 g/mol. The Morgan fingerprint density at radius 2 is 2.18 bits per heavy atom. The predicted molar refractivity (Wildman–Crippen MR) is 54.8 cm³/mol. The van der Waals surface area contributed by atoms with Crippen molar-refractivity contribution in [1.82, 2.24) is 0 Å². The zero-order chi connectivity index (χ0) is 12.6. The first-order valence-corrected chi connectivity index (χ1v) is 4.73. The Morgan fingerprint density at radius 1 is 1.47 bits per heavy atom. The summed E-state index contributed by atoms with van der Waals surface area (Å²) in [6.45, 7) is -0.888. The minimum absolute atomic E-state index is 0.0707.